The van der Waals surface area contributed by atoms with Gasteiger partial charge in [-0.2, -0.15) is 5.10 Å². The number of methoxy groups -OCH3 is 3. The molecule has 2 N–H and O–H groups in total. The molecule has 4 aromatic rings. The first-order chi connectivity index (χ1) is 18.5. The highest BCUT2D eigenvalue weighted by Gasteiger charge is 2.30. The number of nitrogens with zero attached hydrogens (tertiary/aromatic N) is 3. The fourth-order valence-corrected chi connectivity index (χ4v) is 6.13. The lowest BCUT2D eigenvalue weighted by Crippen LogP contribution is -2.38. The van der Waals surface area contributed by atoms with Crippen LogP contribution in [0.25, 0.3) is 10.6 Å². The molecule has 4 heterocycles. The fraction of sp³-hybridized carbons (Fsp3) is 0.308. The van der Waals surface area contributed by atoms with E-state index in [-0.39, 0.29) is 17.7 Å². The Bertz CT molecular complexity index is 1420. The number of benzene rings is 1. The highest BCUT2D eigenvalue weighted by atomic mass is 32.1. The molecule has 0 spiro atoms. The summed E-state index contributed by atoms with van der Waals surface area (Å²) in [5.74, 6) is 1.53. The minimum atomic E-state index is -0.290. The second-order valence-electron chi connectivity index (χ2n) is 8.62. The normalized spacial score (nSPS) is 13.8. The zero-order valence-electron chi connectivity index (χ0n) is 21.1. The van der Waals surface area contributed by atoms with Gasteiger partial charge in [0.1, 0.15) is 17.2 Å². The number of amides is 2. The molecule has 0 aliphatic carbocycles. The van der Waals surface area contributed by atoms with Crippen LogP contribution in [-0.2, 0) is 0 Å². The van der Waals surface area contributed by atoms with E-state index in [2.05, 4.69) is 20.5 Å². The number of nitrogens with one attached hydrogen (secondary N) is 2. The van der Waals surface area contributed by atoms with Gasteiger partial charge in [-0.15, -0.1) is 22.7 Å². The number of anilines is 1. The minimum absolute atomic E-state index is 0.123. The molecule has 1 saturated heterocycles. The summed E-state index contributed by atoms with van der Waals surface area (Å²) in [5.41, 5.74) is 1.57. The van der Waals surface area contributed by atoms with Crippen molar-refractivity contribution in [1.29, 1.82) is 0 Å². The number of hydrogen-bond donors (Lipinski definition) is 2. The fourth-order valence-electron chi connectivity index (χ4n) is 4.47. The molecular formula is C26H27N5O5S2. The summed E-state index contributed by atoms with van der Waals surface area (Å²) in [6.07, 6.45) is 1.50. The first-order valence-electron chi connectivity index (χ1n) is 12.0. The van der Waals surface area contributed by atoms with E-state index >= 15 is 0 Å². The minimum Gasteiger partial charge on any atom is -0.493 e. The average molecular weight is 554 g/mol. The molecule has 0 saturated carbocycles. The first kappa shape index (κ1) is 25.7. The quantitative estimate of drug-likeness (QED) is 0.319. The number of piperidine rings is 1. The molecule has 38 heavy (non-hydrogen) atoms. The van der Waals surface area contributed by atoms with Gasteiger partial charge in [0.15, 0.2) is 11.5 Å². The van der Waals surface area contributed by atoms with E-state index in [1.165, 1.54) is 32.7 Å². The van der Waals surface area contributed by atoms with Crippen molar-refractivity contribution in [3.05, 3.63) is 57.4 Å². The van der Waals surface area contributed by atoms with Crippen molar-refractivity contribution in [3.63, 3.8) is 0 Å². The number of rotatable bonds is 8. The summed E-state index contributed by atoms with van der Waals surface area (Å²) >= 11 is 3.05. The van der Waals surface area contributed by atoms with Crippen molar-refractivity contribution in [3.8, 4) is 27.8 Å². The molecule has 3 aromatic heterocycles. The predicted octanol–water partition coefficient (Wildman–Crippen LogP) is 4.89. The monoisotopic (exact) mass is 553 g/mol. The highest BCUT2D eigenvalue weighted by Crippen LogP contribution is 2.41. The van der Waals surface area contributed by atoms with Crippen molar-refractivity contribution in [2.24, 2.45) is 0 Å². The van der Waals surface area contributed by atoms with Crippen molar-refractivity contribution in [2.45, 2.75) is 18.8 Å². The molecule has 0 bridgehead atoms. The SMILES string of the molecule is COc1ccc(C(=O)N2CCC(c3nc(C(=O)Nc4cc(-c5cccs5)n[nH]4)cs3)CC2)c(OC)c1OC. The molecule has 0 radical (unpaired) electrons. The van der Waals surface area contributed by atoms with Gasteiger partial charge in [-0.3, -0.25) is 14.7 Å². The summed E-state index contributed by atoms with van der Waals surface area (Å²) < 4.78 is 16.2. The molecule has 1 aliphatic heterocycles. The van der Waals surface area contributed by atoms with E-state index in [1.54, 1.807) is 34.9 Å². The third-order valence-electron chi connectivity index (χ3n) is 6.42. The molecule has 10 nitrogen and oxygen atoms in total. The topological polar surface area (TPSA) is 119 Å². The smallest absolute Gasteiger partial charge is 0.276 e. The summed E-state index contributed by atoms with van der Waals surface area (Å²) in [6.45, 7) is 1.14. The standard InChI is InChI=1S/C26H27N5O5S2/c1-34-19-7-6-16(22(35-2)23(19)36-3)26(33)31-10-8-15(9-11-31)25-27-18(14-38-25)24(32)28-21-13-17(29-30-21)20-5-4-12-37-20/h4-7,12-15H,8-11H2,1-3H3,(H2,28,29,30,32). The summed E-state index contributed by atoms with van der Waals surface area (Å²) in [4.78, 5) is 33.5. The zero-order chi connectivity index (χ0) is 26.6. The van der Waals surface area contributed by atoms with Crippen LogP contribution in [0.5, 0.6) is 17.2 Å². The van der Waals surface area contributed by atoms with Gasteiger partial charge in [-0.25, -0.2) is 4.98 Å². The predicted molar refractivity (Wildman–Crippen MR) is 146 cm³/mol. The maximum Gasteiger partial charge on any atom is 0.276 e. The largest absolute Gasteiger partial charge is 0.493 e. The van der Waals surface area contributed by atoms with Gasteiger partial charge in [0, 0.05) is 30.5 Å². The maximum absolute atomic E-state index is 13.3. The summed E-state index contributed by atoms with van der Waals surface area (Å²) in [5, 5.41) is 14.6. The lowest BCUT2D eigenvalue weighted by Gasteiger charge is -2.31. The van der Waals surface area contributed by atoms with Crippen LogP contribution < -0.4 is 19.5 Å². The number of aromatic amines is 1. The van der Waals surface area contributed by atoms with Gasteiger partial charge < -0.3 is 24.4 Å². The van der Waals surface area contributed by atoms with Gasteiger partial charge >= 0.3 is 0 Å². The number of thiophene rings is 1. The molecule has 0 unspecified atom stereocenters. The third kappa shape index (κ3) is 5.09. The highest BCUT2D eigenvalue weighted by molar-refractivity contribution is 7.13. The lowest BCUT2D eigenvalue weighted by molar-refractivity contribution is 0.0708. The van der Waals surface area contributed by atoms with Gasteiger partial charge in [0.05, 0.1) is 36.8 Å². The molecule has 0 atom stereocenters. The Hall–Kier alpha value is -3.90. The van der Waals surface area contributed by atoms with Crippen molar-refractivity contribution in [1.82, 2.24) is 20.1 Å². The van der Waals surface area contributed by atoms with Crippen molar-refractivity contribution >= 4 is 40.3 Å². The number of H-pyrrole nitrogens is 1. The Kier molecular flexibility index (Phi) is 7.61. The number of carbonyl (C=O) groups is 2. The van der Waals surface area contributed by atoms with Gasteiger partial charge in [-0.1, -0.05) is 6.07 Å². The van der Waals surface area contributed by atoms with E-state index in [9.17, 15) is 9.59 Å². The molecule has 12 heteroatoms. The van der Waals surface area contributed by atoms with E-state index in [1.807, 2.05) is 22.4 Å². The van der Waals surface area contributed by atoms with Crippen LogP contribution in [0.2, 0.25) is 0 Å². The van der Waals surface area contributed by atoms with E-state index in [0.29, 0.717) is 47.4 Å². The number of ether oxygens (including phenoxy) is 3. The van der Waals surface area contributed by atoms with Crippen LogP contribution >= 0.6 is 22.7 Å². The van der Waals surface area contributed by atoms with E-state index < -0.39 is 0 Å². The Labute approximate surface area is 227 Å². The maximum atomic E-state index is 13.3. The number of carbonyl (C=O) groups excluding carboxylic acids is 2. The van der Waals surface area contributed by atoms with Gasteiger partial charge in [0.25, 0.3) is 11.8 Å². The second kappa shape index (κ2) is 11.2. The van der Waals surface area contributed by atoms with Crippen LogP contribution in [0.3, 0.4) is 0 Å². The lowest BCUT2D eigenvalue weighted by atomic mass is 9.97. The zero-order valence-corrected chi connectivity index (χ0v) is 22.8. The van der Waals surface area contributed by atoms with Crippen LogP contribution in [0.4, 0.5) is 5.82 Å². The molecule has 198 valence electrons. The Morgan fingerprint density at radius 3 is 2.53 bits per heavy atom. The van der Waals surface area contributed by atoms with Gasteiger partial charge in [0.2, 0.25) is 5.75 Å². The Balaban J connectivity index is 1.20. The van der Waals surface area contributed by atoms with Crippen LogP contribution in [0.15, 0.2) is 41.1 Å². The molecule has 1 aliphatic rings. The number of thiazole rings is 1. The molecule has 1 fully saturated rings. The van der Waals surface area contributed by atoms with Crippen LogP contribution in [0.1, 0.15) is 44.6 Å². The molecule has 1 aromatic carbocycles. The molecule has 5 rings (SSSR count). The Morgan fingerprint density at radius 2 is 1.84 bits per heavy atom. The molecule has 2 amide bonds. The van der Waals surface area contributed by atoms with Crippen molar-refractivity contribution < 1.29 is 23.8 Å². The summed E-state index contributed by atoms with van der Waals surface area (Å²) in [6, 6.07) is 9.13. The van der Waals surface area contributed by atoms with Gasteiger partial charge in [-0.05, 0) is 36.4 Å². The Morgan fingerprint density at radius 1 is 1.05 bits per heavy atom. The van der Waals surface area contributed by atoms with Crippen molar-refractivity contribution in [2.75, 3.05) is 39.7 Å². The number of hydrogen-bond acceptors (Lipinski definition) is 9. The first-order valence-corrected chi connectivity index (χ1v) is 13.7. The van der Waals surface area contributed by atoms with Crippen LogP contribution in [0, 0.1) is 0 Å². The van der Waals surface area contributed by atoms with E-state index in [0.717, 1.165) is 28.4 Å². The summed E-state index contributed by atoms with van der Waals surface area (Å²) in [7, 11) is 4.56. The molecular weight excluding hydrogens is 526 g/mol. The number of aromatic nitrogens is 3. The second-order valence-corrected chi connectivity index (χ2v) is 10.5. The van der Waals surface area contributed by atoms with Crippen LogP contribution in [-0.4, -0.2) is 66.3 Å². The third-order valence-corrected chi connectivity index (χ3v) is 8.32. The van der Waals surface area contributed by atoms with E-state index in [4.69, 9.17) is 14.2 Å². The number of likely N-dealkylation sites (tertiary alicyclic amines) is 1. The average Bonchev–Trinajstić information content (AvgIpc) is 3.74.